The smallest absolute Gasteiger partial charge is 0.251 e. The summed E-state index contributed by atoms with van der Waals surface area (Å²) in [6.45, 7) is 4.43. The van der Waals surface area contributed by atoms with E-state index >= 15 is 0 Å². The van der Waals surface area contributed by atoms with Crippen molar-refractivity contribution in [3.63, 3.8) is 0 Å². The van der Waals surface area contributed by atoms with Gasteiger partial charge in [-0.2, -0.15) is 0 Å². The summed E-state index contributed by atoms with van der Waals surface area (Å²) in [6.07, 6.45) is 1.76. The second-order valence-corrected chi connectivity index (χ2v) is 8.33. The van der Waals surface area contributed by atoms with Crippen LogP contribution in [0.15, 0.2) is 53.4 Å². The molecule has 0 radical (unpaired) electrons. The van der Waals surface area contributed by atoms with E-state index in [2.05, 4.69) is 10.0 Å². The van der Waals surface area contributed by atoms with Gasteiger partial charge in [0, 0.05) is 11.6 Å². The van der Waals surface area contributed by atoms with Crippen LogP contribution in [0.2, 0.25) is 0 Å². The third kappa shape index (κ3) is 5.08. The number of carbonyl (C=O) groups is 1. The molecule has 1 atom stereocenters. The first-order valence-corrected chi connectivity index (χ1v) is 10.5. The van der Waals surface area contributed by atoms with Crippen LogP contribution in [0.25, 0.3) is 0 Å². The zero-order valence-corrected chi connectivity index (χ0v) is 16.3. The van der Waals surface area contributed by atoms with Crippen molar-refractivity contribution in [2.24, 2.45) is 0 Å². The Balaban J connectivity index is 1.63. The van der Waals surface area contributed by atoms with Crippen molar-refractivity contribution in [3.8, 4) is 5.75 Å². The minimum Gasteiger partial charge on any atom is -0.494 e. The predicted molar refractivity (Wildman–Crippen MR) is 103 cm³/mol. The van der Waals surface area contributed by atoms with Crippen molar-refractivity contribution in [2.75, 3.05) is 6.61 Å². The van der Waals surface area contributed by atoms with Crippen LogP contribution < -0.4 is 14.8 Å². The quantitative estimate of drug-likeness (QED) is 0.728. The van der Waals surface area contributed by atoms with Gasteiger partial charge in [-0.1, -0.05) is 12.1 Å². The number of amides is 1. The van der Waals surface area contributed by atoms with Crippen LogP contribution in [0.1, 0.15) is 48.7 Å². The van der Waals surface area contributed by atoms with Crippen LogP contribution in [-0.4, -0.2) is 27.0 Å². The summed E-state index contributed by atoms with van der Waals surface area (Å²) in [5, 5.41) is 2.92. The number of hydrogen-bond donors (Lipinski definition) is 2. The zero-order chi connectivity index (χ0) is 19.4. The Morgan fingerprint density at radius 3 is 2.30 bits per heavy atom. The van der Waals surface area contributed by atoms with Crippen LogP contribution in [-0.2, 0) is 10.0 Å². The van der Waals surface area contributed by atoms with Crippen molar-refractivity contribution < 1.29 is 17.9 Å². The predicted octanol–water partition coefficient (Wildman–Crippen LogP) is 3.02. The molecule has 1 saturated carbocycles. The second-order valence-electron chi connectivity index (χ2n) is 6.62. The average Bonchev–Trinajstić information content (AvgIpc) is 3.46. The van der Waals surface area contributed by atoms with E-state index in [4.69, 9.17) is 4.74 Å². The van der Waals surface area contributed by atoms with E-state index in [0.29, 0.717) is 12.2 Å². The van der Waals surface area contributed by atoms with Gasteiger partial charge >= 0.3 is 0 Å². The number of benzene rings is 2. The monoisotopic (exact) mass is 388 g/mol. The molecule has 2 aromatic rings. The SMILES string of the molecule is CCOc1ccc(C(C)NC(=O)c2ccc(S(=O)(=O)NC3CC3)cc2)cc1. The molecule has 6 nitrogen and oxygen atoms in total. The van der Waals surface area contributed by atoms with E-state index in [1.807, 2.05) is 38.1 Å². The van der Waals surface area contributed by atoms with Gasteiger partial charge in [-0.3, -0.25) is 4.79 Å². The van der Waals surface area contributed by atoms with Gasteiger partial charge in [0.15, 0.2) is 0 Å². The van der Waals surface area contributed by atoms with Crippen LogP contribution in [0, 0.1) is 0 Å². The molecule has 144 valence electrons. The molecule has 1 amide bonds. The number of nitrogens with one attached hydrogen (secondary N) is 2. The Morgan fingerprint density at radius 1 is 1.11 bits per heavy atom. The summed E-state index contributed by atoms with van der Waals surface area (Å²) in [7, 11) is -3.51. The molecule has 2 aromatic carbocycles. The molecule has 1 aliphatic carbocycles. The summed E-state index contributed by atoms with van der Waals surface area (Å²) in [5.74, 6) is 0.534. The molecule has 0 bridgehead atoms. The van der Waals surface area contributed by atoms with Gasteiger partial charge in [-0.25, -0.2) is 13.1 Å². The molecular weight excluding hydrogens is 364 g/mol. The molecule has 1 aliphatic rings. The second kappa shape index (κ2) is 8.10. The van der Waals surface area contributed by atoms with Crippen LogP contribution in [0.5, 0.6) is 5.75 Å². The standard InChI is InChI=1S/C20H24N2O4S/c1-3-26-18-10-4-15(5-11-18)14(2)21-20(23)16-6-12-19(13-7-16)27(24,25)22-17-8-9-17/h4-7,10-14,17,22H,3,8-9H2,1-2H3,(H,21,23). The lowest BCUT2D eigenvalue weighted by molar-refractivity contribution is 0.0940. The lowest BCUT2D eigenvalue weighted by atomic mass is 10.1. The molecule has 3 rings (SSSR count). The number of carbonyl (C=O) groups excluding carboxylic acids is 1. The fourth-order valence-corrected chi connectivity index (χ4v) is 3.96. The molecule has 1 fully saturated rings. The summed E-state index contributed by atoms with van der Waals surface area (Å²) in [5.41, 5.74) is 1.37. The molecule has 0 saturated heterocycles. The molecular formula is C20H24N2O4S. The number of rotatable bonds is 8. The maximum absolute atomic E-state index is 12.4. The van der Waals surface area contributed by atoms with E-state index in [-0.39, 0.29) is 22.9 Å². The molecule has 7 heteroatoms. The Labute approximate surface area is 160 Å². The summed E-state index contributed by atoms with van der Waals surface area (Å²) >= 11 is 0. The normalized spacial score (nSPS) is 15.2. The summed E-state index contributed by atoms with van der Waals surface area (Å²) in [4.78, 5) is 12.6. The van der Waals surface area contributed by atoms with E-state index in [0.717, 1.165) is 24.2 Å². The third-order valence-corrected chi connectivity index (χ3v) is 5.90. The molecule has 0 aromatic heterocycles. The van der Waals surface area contributed by atoms with Crippen molar-refractivity contribution in [3.05, 3.63) is 59.7 Å². The number of ether oxygens (including phenoxy) is 1. The highest BCUT2D eigenvalue weighted by molar-refractivity contribution is 7.89. The molecule has 2 N–H and O–H groups in total. The average molecular weight is 388 g/mol. The Kier molecular flexibility index (Phi) is 5.82. The zero-order valence-electron chi connectivity index (χ0n) is 15.4. The summed E-state index contributed by atoms with van der Waals surface area (Å²) in [6, 6.07) is 13.4. The molecule has 1 unspecified atom stereocenters. The fourth-order valence-electron chi connectivity index (χ4n) is 2.66. The van der Waals surface area contributed by atoms with Crippen molar-refractivity contribution in [1.82, 2.24) is 10.0 Å². The number of hydrogen-bond acceptors (Lipinski definition) is 4. The van der Waals surface area contributed by atoms with Gasteiger partial charge in [0.05, 0.1) is 17.5 Å². The van der Waals surface area contributed by atoms with Crippen molar-refractivity contribution in [1.29, 1.82) is 0 Å². The molecule has 0 spiro atoms. The first-order valence-electron chi connectivity index (χ1n) is 9.05. The Hall–Kier alpha value is -2.38. The highest BCUT2D eigenvalue weighted by Gasteiger charge is 2.28. The van der Waals surface area contributed by atoms with Gasteiger partial charge in [-0.05, 0) is 68.7 Å². The lowest BCUT2D eigenvalue weighted by Crippen LogP contribution is -2.27. The Morgan fingerprint density at radius 2 is 1.74 bits per heavy atom. The van der Waals surface area contributed by atoms with Crippen LogP contribution >= 0.6 is 0 Å². The largest absolute Gasteiger partial charge is 0.494 e. The molecule has 0 aliphatic heterocycles. The fraction of sp³-hybridized carbons (Fsp3) is 0.350. The van der Waals surface area contributed by atoms with Crippen LogP contribution in [0.3, 0.4) is 0 Å². The minimum atomic E-state index is -3.51. The van der Waals surface area contributed by atoms with Crippen LogP contribution in [0.4, 0.5) is 0 Å². The lowest BCUT2D eigenvalue weighted by Gasteiger charge is -2.15. The highest BCUT2D eigenvalue weighted by Crippen LogP contribution is 2.22. The minimum absolute atomic E-state index is 0.0490. The Bertz CT molecular complexity index is 889. The molecule has 0 heterocycles. The maximum Gasteiger partial charge on any atom is 0.251 e. The van der Waals surface area contributed by atoms with Gasteiger partial charge in [-0.15, -0.1) is 0 Å². The first-order chi connectivity index (χ1) is 12.9. The van der Waals surface area contributed by atoms with E-state index in [1.165, 1.54) is 24.3 Å². The molecule has 27 heavy (non-hydrogen) atoms. The topological polar surface area (TPSA) is 84.5 Å². The van der Waals surface area contributed by atoms with E-state index in [1.54, 1.807) is 0 Å². The van der Waals surface area contributed by atoms with Gasteiger partial charge in [0.2, 0.25) is 10.0 Å². The van der Waals surface area contributed by atoms with E-state index < -0.39 is 10.0 Å². The summed E-state index contributed by atoms with van der Waals surface area (Å²) < 4.78 is 32.4. The van der Waals surface area contributed by atoms with Crippen molar-refractivity contribution >= 4 is 15.9 Å². The maximum atomic E-state index is 12.4. The van der Waals surface area contributed by atoms with E-state index in [9.17, 15) is 13.2 Å². The van der Waals surface area contributed by atoms with Gasteiger partial charge in [0.1, 0.15) is 5.75 Å². The number of sulfonamides is 1. The highest BCUT2D eigenvalue weighted by atomic mass is 32.2. The third-order valence-electron chi connectivity index (χ3n) is 4.36. The van der Waals surface area contributed by atoms with Gasteiger partial charge < -0.3 is 10.1 Å². The van der Waals surface area contributed by atoms with Crippen molar-refractivity contribution in [2.45, 2.75) is 43.7 Å². The first kappa shape index (κ1) is 19.4. The van der Waals surface area contributed by atoms with Gasteiger partial charge in [0.25, 0.3) is 5.91 Å².